The highest BCUT2D eigenvalue weighted by atomic mass is 28.3. The van der Waals surface area contributed by atoms with Gasteiger partial charge in [0.2, 0.25) is 0 Å². The van der Waals surface area contributed by atoms with Crippen LogP contribution in [-0.2, 0) is 21.7 Å². The van der Waals surface area contributed by atoms with Gasteiger partial charge in [-0.15, -0.1) is 0 Å². The molecule has 208 valence electrons. The Labute approximate surface area is 233 Å². The molecule has 0 spiro atoms. The van der Waals surface area contributed by atoms with Crippen LogP contribution in [0.25, 0.3) is 22.3 Å². The summed E-state index contributed by atoms with van der Waals surface area (Å²) in [5.41, 5.74) is 2.28. The molecule has 5 rings (SSSR count). The molecule has 10 nitrogen and oxygen atoms in total. The van der Waals surface area contributed by atoms with E-state index in [2.05, 4.69) is 45.5 Å². The molecule has 1 aliphatic rings. The maximum absolute atomic E-state index is 14.5. The minimum atomic E-state index is -1.16. The molecular weight excluding hydrogens is 529 g/mol. The standard InChI is InChI=1S/C28H32FN7O3Si/c1-38-27(37)22-6-5-21(13-24(22)29)35-16-28(17-35,8-9-30)36-15-20(14-33-36)25-23-7-10-34(26(23)32-18-31-25)19-39-11-12-40(2,3)4/h5-7,10,13-15,18H,8,11-12,16-17,19H2,1-4H3. The van der Waals surface area contributed by atoms with E-state index in [9.17, 15) is 14.4 Å². The van der Waals surface area contributed by atoms with Crippen LogP contribution in [0, 0.1) is 17.1 Å². The van der Waals surface area contributed by atoms with Crippen LogP contribution >= 0.6 is 0 Å². The number of hydrogen-bond acceptors (Lipinski definition) is 8. The summed E-state index contributed by atoms with van der Waals surface area (Å²) >= 11 is 0. The van der Waals surface area contributed by atoms with Gasteiger partial charge in [-0.3, -0.25) is 4.68 Å². The van der Waals surface area contributed by atoms with Crippen LogP contribution in [0.5, 0.6) is 0 Å². The van der Waals surface area contributed by atoms with Crippen molar-refractivity contribution in [2.45, 2.75) is 44.4 Å². The van der Waals surface area contributed by atoms with E-state index in [4.69, 9.17) is 4.74 Å². The van der Waals surface area contributed by atoms with Crippen molar-refractivity contribution in [2.24, 2.45) is 0 Å². The van der Waals surface area contributed by atoms with Gasteiger partial charge in [0.25, 0.3) is 0 Å². The van der Waals surface area contributed by atoms with Gasteiger partial charge in [-0.2, -0.15) is 10.4 Å². The van der Waals surface area contributed by atoms with Gasteiger partial charge >= 0.3 is 5.97 Å². The fourth-order valence-electron chi connectivity index (χ4n) is 4.89. The molecule has 1 saturated heterocycles. The van der Waals surface area contributed by atoms with E-state index < -0.39 is 25.4 Å². The molecule has 1 fully saturated rings. The molecule has 12 heteroatoms. The van der Waals surface area contributed by atoms with Crippen LogP contribution in [0.1, 0.15) is 16.8 Å². The maximum atomic E-state index is 14.5. The highest BCUT2D eigenvalue weighted by Crippen LogP contribution is 2.37. The van der Waals surface area contributed by atoms with E-state index in [1.807, 2.05) is 32.6 Å². The zero-order valence-electron chi connectivity index (χ0n) is 23.1. The molecule has 0 radical (unpaired) electrons. The number of fused-ring (bicyclic) bond motifs is 1. The van der Waals surface area contributed by atoms with Crippen molar-refractivity contribution in [1.29, 1.82) is 5.26 Å². The molecule has 1 aromatic carbocycles. The summed E-state index contributed by atoms with van der Waals surface area (Å²) in [7, 11) is 0.0509. The maximum Gasteiger partial charge on any atom is 0.340 e. The van der Waals surface area contributed by atoms with Crippen LogP contribution in [0.15, 0.2) is 49.2 Å². The molecule has 40 heavy (non-hydrogen) atoms. The fraction of sp³-hybridized carbons (Fsp3) is 0.393. The second kappa shape index (κ2) is 10.8. The van der Waals surface area contributed by atoms with Crippen molar-refractivity contribution in [3.8, 4) is 17.3 Å². The first-order chi connectivity index (χ1) is 19.1. The zero-order valence-corrected chi connectivity index (χ0v) is 24.1. The van der Waals surface area contributed by atoms with Gasteiger partial charge in [0.05, 0.1) is 37.1 Å². The van der Waals surface area contributed by atoms with Gasteiger partial charge in [0.15, 0.2) is 0 Å². The number of carbonyl (C=O) groups is 1. The fourth-order valence-corrected chi connectivity index (χ4v) is 5.65. The molecular formula is C28H32FN7O3Si. The lowest BCUT2D eigenvalue weighted by Crippen LogP contribution is -2.63. The van der Waals surface area contributed by atoms with E-state index >= 15 is 0 Å². The number of carbonyl (C=O) groups excluding carboxylic acids is 1. The van der Waals surface area contributed by atoms with Crippen molar-refractivity contribution < 1.29 is 18.7 Å². The second-order valence-corrected chi connectivity index (χ2v) is 17.0. The van der Waals surface area contributed by atoms with Gasteiger partial charge in [-0.1, -0.05) is 19.6 Å². The number of aromatic nitrogens is 5. The molecule has 0 bridgehead atoms. The van der Waals surface area contributed by atoms with E-state index in [1.54, 1.807) is 12.3 Å². The Hall–Kier alpha value is -4.08. The molecule has 0 atom stereocenters. The van der Waals surface area contributed by atoms with Crippen molar-refractivity contribution in [1.82, 2.24) is 24.3 Å². The van der Waals surface area contributed by atoms with E-state index in [1.165, 1.54) is 25.6 Å². The third kappa shape index (κ3) is 5.35. The number of hydrogen-bond donors (Lipinski definition) is 0. The Morgan fingerprint density at radius 3 is 2.73 bits per heavy atom. The summed E-state index contributed by atoms with van der Waals surface area (Å²) in [6.45, 7) is 9.05. The third-order valence-corrected chi connectivity index (χ3v) is 8.93. The lowest BCUT2D eigenvalue weighted by atomic mass is 9.86. The molecule has 3 aromatic heterocycles. The van der Waals surface area contributed by atoms with E-state index in [0.717, 1.165) is 34.9 Å². The summed E-state index contributed by atoms with van der Waals surface area (Å²) < 4.78 is 28.8. The number of nitriles is 1. The van der Waals surface area contributed by atoms with Gasteiger partial charge in [-0.25, -0.2) is 19.2 Å². The third-order valence-electron chi connectivity index (χ3n) is 7.23. The first-order valence-corrected chi connectivity index (χ1v) is 16.8. The Bertz CT molecular complexity index is 1580. The predicted octanol–water partition coefficient (Wildman–Crippen LogP) is 4.66. The Kier molecular flexibility index (Phi) is 7.44. The molecule has 4 heterocycles. The molecule has 4 aromatic rings. The first-order valence-electron chi connectivity index (χ1n) is 13.1. The summed E-state index contributed by atoms with van der Waals surface area (Å²) in [6, 6.07) is 9.76. The summed E-state index contributed by atoms with van der Waals surface area (Å²) in [5, 5.41) is 15.1. The average Bonchev–Trinajstić information content (AvgIpc) is 3.55. The van der Waals surface area contributed by atoms with E-state index in [-0.39, 0.29) is 12.0 Å². The number of rotatable bonds is 10. The highest BCUT2D eigenvalue weighted by Gasteiger charge is 2.46. The quantitative estimate of drug-likeness (QED) is 0.156. The van der Waals surface area contributed by atoms with Crippen LogP contribution in [-0.4, -0.2) is 65.2 Å². The number of halogens is 1. The highest BCUT2D eigenvalue weighted by molar-refractivity contribution is 6.76. The zero-order chi connectivity index (χ0) is 28.5. The lowest BCUT2D eigenvalue weighted by Gasteiger charge is -2.50. The van der Waals surface area contributed by atoms with Gasteiger partial charge in [0, 0.05) is 56.8 Å². The normalized spacial score (nSPS) is 14.7. The average molecular weight is 562 g/mol. The largest absolute Gasteiger partial charge is 0.465 e. The Morgan fingerprint density at radius 2 is 2.02 bits per heavy atom. The molecule has 0 amide bonds. The first kappa shape index (κ1) is 27.5. The molecule has 0 aliphatic carbocycles. The van der Waals surface area contributed by atoms with Crippen molar-refractivity contribution in [2.75, 3.05) is 31.7 Å². The van der Waals surface area contributed by atoms with Crippen LogP contribution < -0.4 is 4.90 Å². The topological polar surface area (TPSA) is 111 Å². The Balaban J connectivity index is 1.34. The number of esters is 1. The SMILES string of the molecule is COC(=O)c1ccc(N2CC(CC#N)(n3cc(-c4ncnc5c4ccn5COCC[Si](C)(C)C)cn3)C2)cc1F. The molecule has 0 saturated carbocycles. The summed E-state index contributed by atoms with van der Waals surface area (Å²) in [6.07, 6.45) is 7.37. The van der Waals surface area contributed by atoms with Gasteiger partial charge < -0.3 is 18.9 Å². The number of benzene rings is 1. The minimum Gasteiger partial charge on any atom is -0.465 e. The van der Waals surface area contributed by atoms with Crippen LogP contribution in [0.3, 0.4) is 0 Å². The monoisotopic (exact) mass is 561 g/mol. The molecule has 0 unspecified atom stereocenters. The molecule has 1 aliphatic heterocycles. The number of methoxy groups -OCH3 is 1. The summed E-state index contributed by atoms with van der Waals surface area (Å²) in [5.74, 6) is -1.37. The smallest absolute Gasteiger partial charge is 0.340 e. The van der Waals surface area contributed by atoms with E-state index in [0.29, 0.717) is 25.5 Å². The summed E-state index contributed by atoms with van der Waals surface area (Å²) in [4.78, 5) is 22.7. The predicted molar refractivity (Wildman–Crippen MR) is 151 cm³/mol. The van der Waals surface area contributed by atoms with Gasteiger partial charge in [-0.05, 0) is 30.3 Å². The number of nitrogens with zero attached hydrogens (tertiary/aromatic N) is 7. The van der Waals surface area contributed by atoms with Gasteiger partial charge in [0.1, 0.15) is 30.1 Å². The molecule has 0 N–H and O–H groups in total. The Morgan fingerprint density at radius 1 is 1.23 bits per heavy atom. The number of anilines is 1. The minimum absolute atomic E-state index is 0.116. The lowest BCUT2D eigenvalue weighted by molar-refractivity contribution is 0.0595. The van der Waals surface area contributed by atoms with Crippen LogP contribution in [0.2, 0.25) is 25.7 Å². The van der Waals surface area contributed by atoms with Crippen molar-refractivity contribution >= 4 is 30.8 Å². The van der Waals surface area contributed by atoms with Crippen LogP contribution in [0.4, 0.5) is 10.1 Å². The second-order valence-electron chi connectivity index (χ2n) is 11.3. The number of ether oxygens (including phenoxy) is 2. The van der Waals surface area contributed by atoms with Crippen molar-refractivity contribution in [3.63, 3.8) is 0 Å². The van der Waals surface area contributed by atoms with Crippen molar-refractivity contribution in [3.05, 3.63) is 60.6 Å².